The van der Waals surface area contributed by atoms with E-state index in [1.54, 1.807) is 14.2 Å². The number of rotatable bonds is 2. The van der Waals surface area contributed by atoms with Crippen molar-refractivity contribution in [3.63, 3.8) is 0 Å². The number of aliphatic imine (C=N–C) groups is 1. The van der Waals surface area contributed by atoms with Crippen LogP contribution in [0.1, 0.15) is 22.3 Å². The molecule has 0 radical (unpaired) electrons. The van der Waals surface area contributed by atoms with E-state index in [9.17, 15) is 0 Å². The van der Waals surface area contributed by atoms with Crippen LogP contribution in [0.15, 0.2) is 4.99 Å². The Labute approximate surface area is 101 Å². The number of ether oxygens (including phenoxy) is 1. The van der Waals surface area contributed by atoms with Crippen molar-refractivity contribution in [2.75, 3.05) is 14.2 Å². The highest BCUT2D eigenvalue weighted by Gasteiger charge is 2.18. The minimum absolute atomic E-state index is 0.444. The average Bonchev–Trinajstić information content (AvgIpc) is 2.29. The zero-order valence-corrected chi connectivity index (χ0v) is 11.1. The Bertz CT molecular complexity index is 453. The summed E-state index contributed by atoms with van der Waals surface area (Å²) in [6.07, 6.45) is 0. The Morgan fingerprint density at radius 1 is 1.19 bits per heavy atom. The molecule has 0 spiro atoms. The molecule has 1 aromatic carbocycles. The lowest BCUT2D eigenvalue weighted by Gasteiger charge is -2.18. The Balaban J connectivity index is 3.71. The zero-order chi connectivity index (χ0) is 12.5. The first-order valence-corrected chi connectivity index (χ1v) is 5.39. The third kappa shape index (κ3) is 1.87. The van der Waals surface area contributed by atoms with E-state index in [-0.39, 0.29) is 0 Å². The summed E-state index contributed by atoms with van der Waals surface area (Å²) in [5.41, 5.74) is 9.58. The summed E-state index contributed by atoms with van der Waals surface area (Å²) in [6.45, 7) is 5.85. The summed E-state index contributed by atoms with van der Waals surface area (Å²) >= 11 is 6.25. The van der Waals surface area contributed by atoms with Crippen molar-refractivity contribution in [1.29, 1.82) is 0 Å². The lowest BCUT2D eigenvalue weighted by Crippen LogP contribution is -2.17. The van der Waals surface area contributed by atoms with Gasteiger partial charge in [-0.3, -0.25) is 4.99 Å². The molecular weight excluding hydrogens is 224 g/mol. The van der Waals surface area contributed by atoms with Gasteiger partial charge in [-0.05, 0) is 37.5 Å². The van der Waals surface area contributed by atoms with Crippen molar-refractivity contribution in [3.05, 3.63) is 27.3 Å². The summed E-state index contributed by atoms with van der Waals surface area (Å²) < 4.78 is 5.40. The second-order valence-electron chi connectivity index (χ2n) is 3.71. The lowest BCUT2D eigenvalue weighted by molar-refractivity contribution is 0.410. The van der Waals surface area contributed by atoms with Gasteiger partial charge in [0.2, 0.25) is 0 Å². The molecule has 1 rings (SSSR count). The predicted molar refractivity (Wildman–Crippen MR) is 68.9 cm³/mol. The quantitative estimate of drug-likeness (QED) is 0.638. The second-order valence-corrected chi connectivity index (χ2v) is 4.08. The van der Waals surface area contributed by atoms with E-state index in [0.29, 0.717) is 5.84 Å². The Kier molecular flexibility index (Phi) is 3.81. The molecule has 0 saturated carbocycles. The number of methoxy groups -OCH3 is 1. The van der Waals surface area contributed by atoms with Crippen molar-refractivity contribution in [2.45, 2.75) is 20.8 Å². The first-order chi connectivity index (χ1) is 7.45. The summed E-state index contributed by atoms with van der Waals surface area (Å²) in [6, 6.07) is 0. The van der Waals surface area contributed by atoms with Crippen LogP contribution < -0.4 is 10.5 Å². The van der Waals surface area contributed by atoms with Gasteiger partial charge in [-0.1, -0.05) is 11.6 Å². The molecule has 0 saturated heterocycles. The molecular formula is C12H17ClN2O. The summed E-state index contributed by atoms with van der Waals surface area (Å²) in [7, 11) is 3.28. The topological polar surface area (TPSA) is 47.6 Å². The summed E-state index contributed by atoms with van der Waals surface area (Å²) in [5, 5.41) is 0.722. The number of hydrogen-bond donors (Lipinski definition) is 1. The third-order valence-corrected chi connectivity index (χ3v) is 3.43. The Hall–Kier alpha value is -1.22. The van der Waals surface area contributed by atoms with Gasteiger partial charge in [-0.15, -0.1) is 0 Å². The molecule has 4 heteroatoms. The fourth-order valence-corrected chi connectivity index (χ4v) is 2.00. The van der Waals surface area contributed by atoms with Gasteiger partial charge in [0, 0.05) is 12.1 Å². The maximum Gasteiger partial charge on any atom is 0.133 e. The molecule has 0 heterocycles. The molecule has 0 aromatic heterocycles. The number of benzene rings is 1. The van der Waals surface area contributed by atoms with Crippen LogP contribution in [0.2, 0.25) is 5.02 Å². The Morgan fingerprint density at radius 3 is 2.19 bits per heavy atom. The molecule has 0 aliphatic carbocycles. The van der Waals surface area contributed by atoms with Gasteiger partial charge >= 0.3 is 0 Å². The molecule has 16 heavy (non-hydrogen) atoms. The number of amidine groups is 1. The number of nitrogens with zero attached hydrogens (tertiary/aromatic N) is 1. The van der Waals surface area contributed by atoms with E-state index in [1.165, 1.54) is 0 Å². The maximum atomic E-state index is 6.25. The third-order valence-electron chi connectivity index (χ3n) is 2.86. The molecule has 2 N–H and O–H groups in total. The monoisotopic (exact) mass is 240 g/mol. The normalized spacial score (nSPS) is 11.8. The fraction of sp³-hybridized carbons (Fsp3) is 0.417. The number of halogens is 1. The summed E-state index contributed by atoms with van der Waals surface area (Å²) in [4.78, 5) is 4.00. The largest absolute Gasteiger partial charge is 0.496 e. The van der Waals surface area contributed by atoms with Crippen LogP contribution in [0.3, 0.4) is 0 Å². The van der Waals surface area contributed by atoms with Gasteiger partial charge in [0.15, 0.2) is 0 Å². The van der Waals surface area contributed by atoms with Gasteiger partial charge in [-0.25, -0.2) is 0 Å². The molecule has 0 aliphatic rings. The van der Waals surface area contributed by atoms with Crippen LogP contribution in [-0.4, -0.2) is 20.0 Å². The van der Waals surface area contributed by atoms with Crippen molar-refractivity contribution in [2.24, 2.45) is 10.7 Å². The van der Waals surface area contributed by atoms with Crippen molar-refractivity contribution in [1.82, 2.24) is 0 Å². The van der Waals surface area contributed by atoms with Crippen LogP contribution in [0.25, 0.3) is 0 Å². The lowest BCUT2D eigenvalue weighted by atomic mass is 9.98. The van der Waals surface area contributed by atoms with Gasteiger partial charge in [0.25, 0.3) is 0 Å². The van der Waals surface area contributed by atoms with Gasteiger partial charge in [0.05, 0.1) is 12.7 Å². The van der Waals surface area contributed by atoms with Crippen molar-refractivity contribution in [3.8, 4) is 5.75 Å². The van der Waals surface area contributed by atoms with Crippen molar-refractivity contribution < 1.29 is 4.74 Å². The highest BCUT2D eigenvalue weighted by Crippen LogP contribution is 2.35. The standard InChI is InChI=1S/C12H17ClN2O/c1-6-7(2)11(16-5)9(12(14)15-4)8(3)10(6)13/h1-5H3,(H2,14,15). The molecule has 1 aromatic rings. The molecule has 0 amide bonds. The van der Waals surface area contributed by atoms with Crippen LogP contribution in [0.4, 0.5) is 0 Å². The van der Waals surface area contributed by atoms with Gasteiger partial charge in [0.1, 0.15) is 11.6 Å². The zero-order valence-electron chi connectivity index (χ0n) is 10.3. The second kappa shape index (κ2) is 4.74. The summed E-state index contributed by atoms with van der Waals surface area (Å²) in [5.74, 6) is 1.20. The maximum absolute atomic E-state index is 6.25. The molecule has 0 atom stereocenters. The van der Waals surface area contributed by atoms with E-state index >= 15 is 0 Å². The fourth-order valence-electron chi connectivity index (χ4n) is 1.76. The molecule has 0 fully saturated rings. The highest BCUT2D eigenvalue weighted by atomic mass is 35.5. The van der Waals surface area contributed by atoms with Gasteiger partial charge < -0.3 is 10.5 Å². The van der Waals surface area contributed by atoms with E-state index in [0.717, 1.165) is 33.0 Å². The first-order valence-electron chi connectivity index (χ1n) is 5.01. The Morgan fingerprint density at radius 2 is 1.75 bits per heavy atom. The van der Waals surface area contributed by atoms with Crippen LogP contribution in [0, 0.1) is 20.8 Å². The van der Waals surface area contributed by atoms with Crippen LogP contribution >= 0.6 is 11.6 Å². The first kappa shape index (κ1) is 12.8. The number of nitrogens with two attached hydrogens (primary N) is 1. The molecule has 0 aliphatic heterocycles. The van der Waals surface area contributed by atoms with Crippen LogP contribution in [0.5, 0.6) is 5.75 Å². The smallest absolute Gasteiger partial charge is 0.133 e. The minimum atomic E-state index is 0.444. The van der Waals surface area contributed by atoms with E-state index < -0.39 is 0 Å². The number of hydrogen-bond acceptors (Lipinski definition) is 2. The van der Waals surface area contributed by atoms with Gasteiger partial charge in [-0.2, -0.15) is 0 Å². The highest BCUT2D eigenvalue weighted by molar-refractivity contribution is 6.33. The molecule has 0 unspecified atom stereocenters. The SMILES string of the molecule is CN=C(N)c1c(C)c(Cl)c(C)c(C)c1OC. The molecule has 3 nitrogen and oxygen atoms in total. The minimum Gasteiger partial charge on any atom is -0.496 e. The van der Waals surface area contributed by atoms with E-state index in [1.807, 2.05) is 20.8 Å². The van der Waals surface area contributed by atoms with Crippen LogP contribution in [-0.2, 0) is 0 Å². The molecule has 0 bridgehead atoms. The molecule has 88 valence electrons. The average molecular weight is 241 g/mol. The van der Waals surface area contributed by atoms with E-state index in [4.69, 9.17) is 22.1 Å². The van der Waals surface area contributed by atoms with E-state index in [2.05, 4.69) is 4.99 Å². The predicted octanol–water partition coefficient (Wildman–Crippen LogP) is 2.61. The van der Waals surface area contributed by atoms with Crippen molar-refractivity contribution >= 4 is 17.4 Å².